The van der Waals surface area contributed by atoms with E-state index in [0.29, 0.717) is 52.8 Å². The molecule has 38 heavy (non-hydrogen) atoms. The Labute approximate surface area is 223 Å². The van der Waals surface area contributed by atoms with E-state index >= 15 is 0 Å². The van der Waals surface area contributed by atoms with E-state index in [-0.39, 0.29) is 18.7 Å². The van der Waals surface area contributed by atoms with Crippen LogP contribution in [0.4, 0.5) is 14.5 Å². The van der Waals surface area contributed by atoms with E-state index in [9.17, 15) is 13.6 Å². The van der Waals surface area contributed by atoms with Gasteiger partial charge < -0.3 is 18.7 Å². The number of benzene rings is 2. The lowest BCUT2D eigenvalue weighted by molar-refractivity contribution is -0.117. The summed E-state index contributed by atoms with van der Waals surface area (Å²) in [6.45, 7) is 3.73. The number of imidazole rings is 1. The maximum atomic E-state index is 14.4. The van der Waals surface area contributed by atoms with Crippen LogP contribution < -0.4 is 9.64 Å². The molecule has 3 heterocycles. The van der Waals surface area contributed by atoms with Gasteiger partial charge in [0, 0.05) is 36.6 Å². The molecule has 1 saturated carbocycles. The molecule has 4 aromatic rings. The molecule has 0 spiro atoms. The molecule has 1 saturated heterocycles. The molecule has 2 aliphatic rings. The lowest BCUT2D eigenvalue weighted by atomic mass is 10.0. The van der Waals surface area contributed by atoms with Crippen LogP contribution >= 0.6 is 11.6 Å². The molecular weight excluding hydrogens is 514 g/mol. The van der Waals surface area contributed by atoms with Gasteiger partial charge in [-0.05, 0) is 62.6 Å². The highest BCUT2D eigenvalue weighted by molar-refractivity contribution is 6.32. The molecule has 2 atom stereocenters. The largest absolute Gasteiger partial charge is 0.495 e. The summed E-state index contributed by atoms with van der Waals surface area (Å²) in [6, 6.07) is 10.2. The Kier molecular flexibility index (Phi) is 5.94. The van der Waals surface area contributed by atoms with E-state index in [1.807, 2.05) is 36.6 Å². The summed E-state index contributed by atoms with van der Waals surface area (Å²) in [5.74, 6) is -0.990. The first-order valence-corrected chi connectivity index (χ1v) is 13.0. The van der Waals surface area contributed by atoms with Gasteiger partial charge in [0.25, 0.3) is 0 Å². The third-order valence-electron chi connectivity index (χ3n) is 7.71. The van der Waals surface area contributed by atoms with Crippen LogP contribution in [0.2, 0.25) is 5.02 Å². The number of hydrogen-bond donors (Lipinski definition) is 0. The number of fused-ring (bicyclic) bond motifs is 1. The number of aromatic nitrogens is 3. The average Bonchev–Trinajstić information content (AvgIpc) is 3.62. The molecule has 7 nitrogen and oxygen atoms in total. The zero-order valence-electron chi connectivity index (χ0n) is 21.3. The molecule has 2 aromatic carbocycles. The summed E-state index contributed by atoms with van der Waals surface area (Å²) in [6.07, 6.45) is 0.752. The second-order valence-corrected chi connectivity index (χ2v) is 10.5. The van der Waals surface area contributed by atoms with Crippen LogP contribution in [0.25, 0.3) is 22.2 Å². The summed E-state index contributed by atoms with van der Waals surface area (Å²) >= 11 is 6.39. The van der Waals surface area contributed by atoms with Crippen molar-refractivity contribution in [3.8, 4) is 16.9 Å². The van der Waals surface area contributed by atoms with E-state index in [1.165, 1.54) is 7.11 Å². The first-order chi connectivity index (χ1) is 18.2. The molecule has 0 bridgehead atoms. The lowest BCUT2D eigenvalue weighted by Gasteiger charge is -2.27. The van der Waals surface area contributed by atoms with Crippen LogP contribution in [0.1, 0.15) is 61.5 Å². The Morgan fingerprint density at radius 2 is 1.97 bits per heavy atom. The monoisotopic (exact) mass is 540 g/mol. The van der Waals surface area contributed by atoms with Crippen LogP contribution in [-0.4, -0.2) is 33.6 Å². The molecule has 0 N–H and O–H groups in total. The number of hydrogen-bond acceptors (Lipinski definition) is 5. The van der Waals surface area contributed by atoms with Crippen molar-refractivity contribution >= 4 is 34.2 Å². The topological polar surface area (TPSA) is 73.4 Å². The van der Waals surface area contributed by atoms with Crippen LogP contribution in [-0.2, 0) is 4.79 Å². The highest BCUT2D eigenvalue weighted by atomic mass is 35.5. The van der Waals surface area contributed by atoms with Crippen LogP contribution in [0.3, 0.4) is 0 Å². The van der Waals surface area contributed by atoms with Gasteiger partial charge in [-0.15, -0.1) is 0 Å². The van der Waals surface area contributed by atoms with Gasteiger partial charge in [-0.25, -0.2) is 13.8 Å². The highest BCUT2D eigenvalue weighted by Gasteiger charge is 2.44. The molecular formula is C28H27ClF2N4O3. The van der Waals surface area contributed by atoms with Crippen molar-refractivity contribution in [2.45, 2.75) is 64.0 Å². The Morgan fingerprint density at radius 3 is 2.63 bits per heavy atom. The first kappa shape index (κ1) is 24.9. The fourth-order valence-corrected chi connectivity index (χ4v) is 6.24. The zero-order chi connectivity index (χ0) is 26.8. The molecule has 2 aromatic heterocycles. The van der Waals surface area contributed by atoms with E-state index in [2.05, 4.69) is 5.16 Å². The number of aryl methyl sites for hydroxylation is 2. The summed E-state index contributed by atoms with van der Waals surface area (Å²) in [7, 11) is 1.53. The van der Waals surface area contributed by atoms with E-state index < -0.39 is 18.0 Å². The number of ether oxygens (including phenoxy) is 1. The van der Waals surface area contributed by atoms with Crippen molar-refractivity contribution < 1.29 is 22.8 Å². The quantitative estimate of drug-likeness (QED) is 0.268. The molecule has 198 valence electrons. The number of anilines is 1. The molecule has 1 aliphatic heterocycles. The van der Waals surface area contributed by atoms with Gasteiger partial charge in [-0.3, -0.25) is 4.79 Å². The normalized spacial score (nSPS) is 21.1. The lowest BCUT2D eigenvalue weighted by Crippen LogP contribution is -2.30. The Morgan fingerprint density at radius 1 is 1.16 bits per heavy atom. The highest BCUT2D eigenvalue weighted by Crippen LogP contribution is 2.47. The fourth-order valence-electron chi connectivity index (χ4n) is 5.99. The third-order valence-corrected chi connectivity index (χ3v) is 8.00. The van der Waals surface area contributed by atoms with Crippen molar-refractivity contribution in [3.63, 3.8) is 0 Å². The Bertz CT molecular complexity index is 1540. The predicted molar refractivity (Wildman–Crippen MR) is 140 cm³/mol. The third kappa shape index (κ3) is 4.04. The van der Waals surface area contributed by atoms with Crippen molar-refractivity contribution in [2.24, 2.45) is 0 Å². The van der Waals surface area contributed by atoms with Crippen molar-refractivity contribution in [1.82, 2.24) is 14.7 Å². The number of methoxy groups -OCH3 is 1. The van der Waals surface area contributed by atoms with E-state index in [4.69, 9.17) is 25.8 Å². The van der Waals surface area contributed by atoms with Crippen LogP contribution in [0.5, 0.6) is 5.75 Å². The number of carbonyl (C=O) groups excluding carboxylic acids is 1. The minimum absolute atomic E-state index is 0.0667. The van der Waals surface area contributed by atoms with Gasteiger partial charge in [0.05, 0.1) is 34.9 Å². The van der Waals surface area contributed by atoms with Gasteiger partial charge in [0.1, 0.15) is 17.3 Å². The van der Waals surface area contributed by atoms with Gasteiger partial charge >= 0.3 is 0 Å². The number of carbonyl (C=O) groups is 1. The van der Waals surface area contributed by atoms with Gasteiger partial charge in [-0.1, -0.05) is 22.8 Å². The predicted octanol–water partition coefficient (Wildman–Crippen LogP) is 7.20. The van der Waals surface area contributed by atoms with Crippen LogP contribution in [0.15, 0.2) is 40.9 Å². The summed E-state index contributed by atoms with van der Waals surface area (Å²) in [5, 5.41) is 4.45. The number of halogens is 3. The number of alkyl halides is 2. The summed E-state index contributed by atoms with van der Waals surface area (Å²) in [4.78, 5) is 19.8. The number of amides is 1. The van der Waals surface area contributed by atoms with E-state index in [1.54, 1.807) is 23.1 Å². The first-order valence-electron chi connectivity index (χ1n) is 12.7. The zero-order valence-corrected chi connectivity index (χ0v) is 22.1. The molecule has 0 radical (unpaired) electrons. The van der Waals surface area contributed by atoms with Gasteiger partial charge in [0.15, 0.2) is 0 Å². The van der Waals surface area contributed by atoms with E-state index in [0.717, 1.165) is 22.3 Å². The molecule has 2 fully saturated rings. The Balaban J connectivity index is 1.50. The molecule has 6 rings (SSSR count). The average molecular weight is 541 g/mol. The second kappa shape index (κ2) is 9.08. The van der Waals surface area contributed by atoms with Gasteiger partial charge in [-0.2, -0.15) is 0 Å². The van der Waals surface area contributed by atoms with Crippen LogP contribution in [0, 0.1) is 13.8 Å². The standard InChI is InChI=1S/C28H27ClF2N4O3/c1-15-26(16(2)38-33-15)17-4-6-22-21(12-17)32-27(35(22)19-10-11-28(30,31)14-19)23-7-9-25(36)34(23)18-5-8-24(37-3)20(29)13-18/h4-6,8,12-13,19,23H,7,9-11,14H2,1-3H3/t19-,23+/m1/s1. The molecule has 1 amide bonds. The summed E-state index contributed by atoms with van der Waals surface area (Å²) < 4.78 is 41.4. The van der Waals surface area contributed by atoms with Gasteiger partial charge in [0.2, 0.25) is 11.8 Å². The van der Waals surface area contributed by atoms with Crippen molar-refractivity contribution in [2.75, 3.05) is 12.0 Å². The van der Waals surface area contributed by atoms with Crippen molar-refractivity contribution in [3.05, 3.63) is 58.7 Å². The maximum absolute atomic E-state index is 14.4. The summed E-state index contributed by atoms with van der Waals surface area (Å²) in [5.41, 5.74) is 4.62. The molecule has 1 aliphatic carbocycles. The minimum Gasteiger partial charge on any atom is -0.495 e. The Hall–Kier alpha value is -3.46. The SMILES string of the molecule is COc1ccc(N2C(=O)CC[C@H]2c2nc3cc(-c4c(C)noc4C)ccc3n2[C@@H]2CCC(F)(F)C2)cc1Cl. The molecule has 10 heteroatoms. The minimum atomic E-state index is -2.73. The maximum Gasteiger partial charge on any atom is 0.250 e. The fraction of sp³-hybridized carbons (Fsp3) is 0.393. The number of rotatable bonds is 5. The second-order valence-electron chi connectivity index (χ2n) is 10.1. The van der Waals surface area contributed by atoms with Crippen molar-refractivity contribution in [1.29, 1.82) is 0 Å². The smallest absolute Gasteiger partial charge is 0.250 e. The number of nitrogens with zero attached hydrogens (tertiary/aromatic N) is 4. The molecule has 0 unspecified atom stereocenters.